The highest BCUT2D eigenvalue weighted by atomic mass is 19.4. The van der Waals surface area contributed by atoms with E-state index in [-0.39, 0.29) is 54.1 Å². The first kappa shape index (κ1) is 26.4. The Labute approximate surface area is 196 Å². The molecule has 35 heavy (non-hydrogen) atoms. The minimum absolute atomic E-state index is 0.00287. The lowest BCUT2D eigenvalue weighted by Crippen LogP contribution is -2.30. The van der Waals surface area contributed by atoms with Gasteiger partial charge in [-0.05, 0) is 31.4 Å². The Morgan fingerprint density at radius 3 is 2.34 bits per heavy atom. The average molecular weight is 503 g/mol. The molecule has 0 aliphatic carbocycles. The lowest BCUT2D eigenvalue weighted by atomic mass is 10.1. The number of nitrogens with one attached hydrogen (secondary N) is 1. The van der Waals surface area contributed by atoms with Gasteiger partial charge in [0.25, 0.3) is 5.56 Å². The van der Waals surface area contributed by atoms with E-state index in [1.165, 1.54) is 0 Å². The molecule has 12 heteroatoms. The molecule has 0 spiro atoms. The van der Waals surface area contributed by atoms with E-state index in [9.17, 15) is 40.7 Å². The van der Waals surface area contributed by atoms with Crippen molar-refractivity contribution in [2.24, 2.45) is 0 Å². The summed E-state index contributed by atoms with van der Waals surface area (Å²) in [6.07, 6.45) is -9.33. The molecule has 1 aromatic heterocycles. The molecular formula is C23H23F6N3O3. The van der Waals surface area contributed by atoms with Crippen molar-refractivity contribution in [3.63, 3.8) is 0 Å². The second-order valence-electron chi connectivity index (χ2n) is 8.41. The number of carbonyl (C=O) groups is 2. The van der Waals surface area contributed by atoms with Crippen LogP contribution in [-0.4, -0.2) is 33.5 Å². The predicted octanol–water partition coefficient (Wildman–Crippen LogP) is 4.44. The van der Waals surface area contributed by atoms with E-state index in [2.05, 4.69) is 10.3 Å². The first-order valence-electron chi connectivity index (χ1n) is 11.0. The molecular weight excluding hydrogens is 480 g/mol. The number of alkyl halides is 6. The van der Waals surface area contributed by atoms with Crippen molar-refractivity contribution in [3.8, 4) is 11.3 Å². The van der Waals surface area contributed by atoms with E-state index >= 15 is 0 Å². The molecule has 1 amide bonds. The molecule has 3 rings (SSSR count). The van der Waals surface area contributed by atoms with Crippen molar-refractivity contribution in [1.29, 1.82) is 0 Å². The Morgan fingerprint density at radius 2 is 1.77 bits per heavy atom. The van der Waals surface area contributed by atoms with Crippen LogP contribution in [0.1, 0.15) is 49.9 Å². The van der Waals surface area contributed by atoms with Crippen LogP contribution < -0.4 is 10.9 Å². The molecule has 0 radical (unpaired) electrons. The first-order chi connectivity index (χ1) is 16.3. The summed E-state index contributed by atoms with van der Waals surface area (Å²) in [5.74, 6) is -0.512. The number of benzene rings is 1. The fourth-order valence-corrected chi connectivity index (χ4v) is 3.82. The summed E-state index contributed by atoms with van der Waals surface area (Å²) in [6, 6.07) is 4.77. The van der Waals surface area contributed by atoms with Crippen LogP contribution in [0.4, 0.5) is 26.3 Å². The number of amides is 1. The minimum Gasteiger partial charge on any atom is -0.353 e. The number of hydrogen-bond donors (Lipinski definition) is 1. The van der Waals surface area contributed by atoms with Gasteiger partial charge in [-0.25, -0.2) is 4.98 Å². The molecule has 1 N–H and O–H groups in total. The van der Waals surface area contributed by atoms with Gasteiger partial charge < -0.3 is 5.32 Å². The van der Waals surface area contributed by atoms with Crippen LogP contribution in [0.2, 0.25) is 0 Å². The minimum atomic E-state index is -4.56. The molecule has 1 unspecified atom stereocenters. The molecule has 2 heterocycles. The van der Waals surface area contributed by atoms with E-state index in [0.29, 0.717) is 19.3 Å². The van der Waals surface area contributed by atoms with Crippen molar-refractivity contribution in [3.05, 3.63) is 52.1 Å². The third-order valence-electron chi connectivity index (χ3n) is 5.65. The first-order valence-corrected chi connectivity index (χ1v) is 11.0. The third-order valence-corrected chi connectivity index (χ3v) is 5.65. The molecule has 2 aromatic rings. The maximum atomic E-state index is 12.8. The number of hydrogen-bond acceptors (Lipinski definition) is 4. The van der Waals surface area contributed by atoms with Gasteiger partial charge in [0.15, 0.2) is 5.78 Å². The molecule has 6 nitrogen and oxygen atoms in total. The van der Waals surface area contributed by atoms with E-state index in [4.69, 9.17) is 0 Å². The highest BCUT2D eigenvalue weighted by Crippen LogP contribution is 2.30. The Kier molecular flexibility index (Phi) is 8.01. The van der Waals surface area contributed by atoms with Crippen LogP contribution in [0.15, 0.2) is 35.1 Å². The van der Waals surface area contributed by atoms with Gasteiger partial charge in [-0.15, -0.1) is 0 Å². The average Bonchev–Trinajstić information content (AvgIpc) is 3.18. The molecule has 1 aliphatic rings. The van der Waals surface area contributed by atoms with Gasteiger partial charge in [-0.1, -0.05) is 12.1 Å². The summed E-state index contributed by atoms with van der Waals surface area (Å²) in [5, 5.41) is 2.73. The summed E-state index contributed by atoms with van der Waals surface area (Å²) < 4.78 is 77.4. The monoisotopic (exact) mass is 503 g/mol. The topological polar surface area (TPSA) is 81.1 Å². The molecule has 1 aliphatic heterocycles. The molecule has 1 atom stereocenters. The molecule has 0 saturated carbocycles. The largest absolute Gasteiger partial charge is 0.416 e. The third kappa shape index (κ3) is 7.66. The SMILES string of the molecule is O=C(CCC1CCC(=O)N1)Cn1c(CCCC(F)(F)F)nc(-c2ccc(C(F)(F)F)cc2)cc1=O. The standard InChI is InChI=1S/C23H23F6N3O3/c24-22(25,26)11-1-2-19-31-18(14-3-5-15(6-4-14)23(27,28)29)12-21(35)32(19)13-17(33)9-7-16-8-10-20(34)30-16/h3-6,12,16H,1-2,7-11,13H2,(H,30,34). The van der Waals surface area contributed by atoms with Gasteiger partial charge in [0.2, 0.25) is 5.91 Å². The highest BCUT2D eigenvalue weighted by molar-refractivity contribution is 5.80. The van der Waals surface area contributed by atoms with E-state index in [1.807, 2.05) is 0 Å². The fraction of sp³-hybridized carbons (Fsp3) is 0.478. The van der Waals surface area contributed by atoms with Crippen LogP contribution in [-0.2, 0) is 28.7 Å². The second-order valence-corrected chi connectivity index (χ2v) is 8.41. The molecule has 190 valence electrons. The Hall–Kier alpha value is -3.18. The Morgan fingerprint density at radius 1 is 1.09 bits per heavy atom. The number of aryl methyl sites for hydroxylation is 1. The van der Waals surface area contributed by atoms with Gasteiger partial charge >= 0.3 is 12.4 Å². The number of ketones is 1. The summed E-state index contributed by atoms with van der Waals surface area (Å²) >= 11 is 0. The van der Waals surface area contributed by atoms with E-state index < -0.39 is 36.4 Å². The normalized spacial score (nSPS) is 16.4. The van der Waals surface area contributed by atoms with Crippen LogP contribution in [0, 0.1) is 0 Å². The van der Waals surface area contributed by atoms with Crippen LogP contribution in [0.5, 0.6) is 0 Å². The number of nitrogens with zero attached hydrogens (tertiary/aromatic N) is 2. The Bertz CT molecular complexity index is 1120. The quantitative estimate of drug-likeness (QED) is 0.513. The van der Waals surface area contributed by atoms with Crippen LogP contribution in [0.3, 0.4) is 0 Å². The molecule has 1 saturated heterocycles. The lowest BCUT2D eigenvalue weighted by Gasteiger charge is -2.15. The highest BCUT2D eigenvalue weighted by Gasteiger charge is 2.30. The smallest absolute Gasteiger partial charge is 0.353 e. The maximum Gasteiger partial charge on any atom is 0.416 e. The van der Waals surface area contributed by atoms with Gasteiger partial charge in [-0.3, -0.25) is 19.0 Å². The zero-order chi connectivity index (χ0) is 25.8. The van der Waals surface area contributed by atoms with Crippen LogP contribution in [0.25, 0.3) is 11.3 Å². The van der Waals surface area contributed by atoms with Crippen molar-refractivity contribution in [2.75, 3.05) is 0 Å². The number of Topliss-reactive ketones (excluding diaryl/α,β-unsaturated/α-hetero) is 1. The van der Waals surface area contributed by atoms with Crippen LogP contribution >= 0.6 is 0 Å². The zero-order valence-corrected chi connectivity index (χ0v) is 18.5. The summed E-state index contributed by atoms with van der Waals surface area (Å²) in [7, 11) is 0. The molecule has 1 fully saturated rings. The number of carbonyl (C=O) groups excluding carboxylic acids is 2. The van der Waals surface area contributed by atoms with Crippen molar-refractivity contribution < 1.29 is 35.9 Å². The van der Waals surface area contributed by atoms with E-state index in [1.54, 1.807) is 0 Å². The maximum absolute atomic E-state index is 12.8. The molecule has 0 bridgehead atoms. The van der Waals surface area contributed by atoms with Gasteiger partial charge in [0, 0.05) is 43.4 Å². The van der Waals surface area contributed by atoms with Crippen molar-refractivity contribution in [2.45, 2.75) is 69.9 Å². The number of halogens is 6. The number of rotatable bonds is 9. The van der Waals surface area contributed by atoms with Crippen molar-refractivity contribution in [1.82, 2.24) is 14.9 Å². The summed E-state index contributed by atoms with van der Waals surface area (Å²) in [5.41, 5.74) is -1.41. The van der Waals surface area contributed by atoms with Gasteiger partial charge in [0.05, 0.1) is 17.8 Å². The fourth-order valence-electron chi connectivity index (χ4n) is 3.82. The lowest BCUT2D eigenvalue weighted by molar-refractivity contribution is -0.137. The summed E-state index contributed by atoms with van der Waals surface area (Å²) in [6.45, 7) is -0.402. The molecule has 1 aromatic carbocycles. The predicted molar refractivity (Wildman–Crippen MR) is 113 cm³/mol. The number of aromatic nitrogens is 2. The van der Waals surface area contributed by atoms with E-state index in [0.717, 1.165) is 34.9 Å². The summed E-state index contributed by atoms with van der Waals surface area (Å²) in [4.78, 5) is 40.8. The zero-order valence-electron chi connectivity index (χ0n) is 18.5. The van der Waals surface area contributed by atoms with Gasteiger partial charge in [0.1, 0.15) is 5.82 Å². The Balaban J connectivity index is 1.82. The van der Waals surface area contributed by atoms with Crippen molar-refractivity contribution >= 4 is 11.7 Å². The van der Waals surface area contributed by atoms with Gasteiger partial charge in [-0.2, -0.15) is 26.3 Å². The second kappa shape index (κ2) is 10.6.